The minimum absolute atomic E-state index is 0.431. The maximum atomic E-state index is 11.4. The number of carbonyl (C=O) groups excluding carboxylic acids is 1. The lowest BCUT2D eigenvalue weighted by atomic mass is 10.0. The quantitative estimate of drug-likeness (QED) is 0.438. The zero-order valence-corrected chi connectivity index (χ0v) is 19.2. The summed E-state index contributed by atoms with van der Waals surface area (Å²) in [4.78, 5) is 21.7. The van der Waals surface area contributed by atoms with Crippen molar-refractivity contribution >= 4 is 16.9 Å². The molecule has 1 aliphatic rings. The number of aromatic amines is 1. The number of H-pyrrole nitrogens is 1. The number of aromatic nitrogens is 2. The molecule has 0 spiro atoms. The number of benzene rings is 2. The molecule has 7 heteroatoms. The Balaban J connectivity index is 1.35. The zero-order chi connectivity index (χ0) is 23.5. The highest BCUT2D eigenvalue weighted by Crippen LogP contribution is 2.33. The number of pyridine rings is 1. The van der Waals surface area contributed by atoms with Crippen molar-refractivity contribution in [3.63, 3.8) is 0 Å². The summed E-state index contributed by atoms with van der Waals surface area (Å²) in [5.41, 5.74) is 12.0. The van der Waals surface area contributed by atoms with Gasteiger partial charge in [-0.2, -0.15) is 0 Å². The SMILES string of the molecule is Cc1cc(OCCN2CCOCC2)ccc1-c1cc2c(-c3ccc(C(N)=O)cc3)ccnc2[nH]1. The van der Waals surface area contributed by atoms with E-state index in [4.69, 9.17) is 15.2 Å². The Morgan fingerprint density at radius 1 is 1.09 bits per heavy atom. The standard InChI is InChI=1S/C27H28N4O3/c1-18-16-21(34-15-12-31-10-13-33-14-11-31)6-7-22(18)25-17-24-23(8-9-29-27(24)30-25)19-2-4-20(5-3-19)26(28)32/h2-9,16-17H,10-15H2,1H3,(H2,28,32)(H,29,30). The van der Waals surface area contributed by atoms with Gasteiger partial charge in [0.1, 0.15) is 18.0 Å². The van der Waals surface area contributed by atoms with E-state index in [1.165, 1.54) is 0 Å². The van der Waals surface area contributed by atoms with E-state index < -0.39 is 5.91 Å². The van der Waals surface area contributed by atoms with E-state index in [2.05, 4.69) is 40.0 Å². The number of nitrogens with one attached hydrogen (secondary N) is 1. The summed E-state index contributed by atoms with van der Waals surface area (Å²) in [7, 11) is 0. The van der Waals surface area contributed by atoms with Gasteiger partial charge in [-0.15, -0.1) is 0 Å². The third kappa shape index (κ3) is 4.66. The van der Waals surface area contributed by atoms with E-state index in [9.17, 15) is 4.79 Å². The maximum Gasteiger partial charge on any atom is 0.248 e. The Labute approximate surface area is 198 Å². The normalized spacial score (nSPS) is 14.4. The average Bonchev–Trinajstić information content (AvgIpc) is 3.29. The highest BCUT2D eigenvalue weighted by molar-refractivity contribution is 5.97. The highest BCUT2D eigenvalue weighted by atomic mass is 16.5. The van der Waals surface area contributed by atoms with Crippen LogP contribution in [0.25, 0.3) is 33.4 Å². The number of ether oxygens (including phenoxy) is 2. The van der Waals surface area contributed by atoms with Crippen LogP contribution in [0.2, 0.25) is 0 Å². The Kier molecular flexibility index (Phi) is 6.29. The molecule has 3 heterocycles. The molecule has 0 bridgehead atoms. The van der Waals surface area contributed by atoms with Gasteiger partial charge in [0.15, 0.2) is 0 Å². The fraction of sp³-hybridized carbons (Fsp3) is 0.259. The molecule has 1 fully saturated rings. The lowest BCUT2D eigenvalue weighted by molar-refractivity contribution is 0.0322. The van der Waals surface area contributed by atoms with Crippen LogP contribution in [-0.4, -0.2) is 60.2 Å². The number of morpholine rings is 1. The second kappa shape index (κ2) is 9.67. The van der Waals surface area contributed by atoms with Crippen LogP contribution in [0.4, 0.5) is 0 Å². The van der Waals surface area contributed by atoms with Gasteiger partial charge in [0.2, 0.25) is 5.91 Å². The number of amides is 1. The van der Waals surface area contributed by atoms with Gasteiger partial charge in [0.25, 0.3) is 0 Å². The summed E-state index contributed by atoms with van der Waals surface area (Å²) in [6.07, 6.45) is 1.79. The minimum atomic E-state index is -0.431. The molecule has 34 heavy (non-hydrogen) atoms. The fourth-order valence-corrected chi connectivity index (χ4v) is 4.38. The first-order valence-electron chi connectivity index (χ1n) is 11.5. The van der Waals surface area contributed by atoms with Crippen molar-refractivity contribution in [3.05, 3.63) is 71.9 Å². The number of primary amides is 1. The van der Waals surface area contributed by atoms with Crippen LogP contribution in [0.5, 0.6) is 5.75 Å². The highest BCUT2D eigenvalue weighted by Gasteiger charge is 2.13. The average molecular weight is 457 g/mol. The van der Waals surface area contributed by atoms with Gasteiger partial charge in [-0.1, -0.05) is 12.1 Å². The first-order chi connectivity index (χ1) is 16.6. The molecule has 4 aromatic rings. The summed E-state index contributed by atoms with van der Waals surface area (Å²) < 4.78 is 11.4. The van der Waals surface area contributed by atoms with Crippen molar-refractivity contribution in [1.29, 1.82) is 0 Å². The number of hydrogen-bond donors (Lipinski definition) is 2. The second-order valence-electron chi connectivity index (χ2n) is 8.52. The molecule has 1 saturated heterocycles. The molecule has 0 aliphatic carbocycles. The summed E-state index contributed by atoms with van der Waals surface area (Å²) in [6, 6.07) is 17.6. The fourth-order valence-electron chi connectivity index (χ4n) is 4.38. The summed E-state index contributed by atoms with van der Waals surface area (Å²) >= 11 is 0. The van der Waals surface area contributed by atoms with Crippen LogP contribution in [0.3, 0.4) is 0 Å². The van der Waals surface area contributed by atoms with Crippen molar-refractivity contribution < 1.29 is 14.3 Å². The van der Waals surface area contributed by atoms with Crippen LogP contribution in [-0.2, 0) is 4.74 Å². The molecule has 0 unspecified atom stereocenters. The van der Waals surface area contributed by atoms with Crippen molar-refractivity contribution in [1.82, 2.24) is 14.9 Å². The van der Waals surface area contributed by atoms with Crippen molar-refractivity contribution in [2.45, 2.75) is 6.92 Å². The maximum absolute atomic E-state index is 11.4. The van der Waals surface area contributed by atoms with Gasteiger partial charge in [0, 0.05) is 48.0 Å². The first kappa shape index (κ1) is 22.1. The lowest BCUT2D eigenvalue weighted by Gasteiger charge is -2.26. The third-order valence-corrected chi connectivity index (χ3v) is 6.28. The molecule has 2 aromatic carbocycles. The van der Waals surface area contributed by atoms with E-state index >= 15 is 0 Å². The lowest BCUT2D eigenvalue weighted by Crippen LogP contribution is -2.38. The second-order valence-corrected chi connectivity index (χ2v) is 8.52. The molecule has 0 atom stereocenters. The number of nitrogens with zero attached hydrogens (tertiary/aromatic N) is 2. The van der Waals surface area contributed by atoms with Gasteiger partial charge in [-0.25, -0.2) is 4.98 Å². The van der Waals surface area contributed by atoms with Crippen LogP contribution in [0, 0.1) is 6.92 Å². The van der Waals surface area contributed by atoms with E-state index in [-0.39, 0.29) is 0 Å². The number of aryl methyl sites for hydroxylation is 1. The number of nitrogens with two attached hydrogens (primary N) is 1. The van der Waals surface area contributed by atoms with Gasteiger partial charge < -0.3 is 20.2 Å². The van der Waals surface area contributed by atoms with Crippen molar-refractivity contribution in [3.8, 4) is 28.1 Å². The van der Waals surface area contributed by atoms with Crippen LogP contribution in [0.1, 0.15) is 15.9 Å². The Bertz CT molecular complexity index is 1310. The predicted molar refractivity (Wildman–Crippen MR) is 133 cm³/mol. The molecule has 5 rings (SSSR count). The molecule has 7 nitrogen and oxygen atoms in total. The smallest absolute Gasteiger partial charge is 0.248 e. The molecule has 3 N–H and O–H groups in total. The first-order valence-corrected chi connectivity index (χ1v) is 11.5. The van der Waals surface area contributed by atoms with E-state index in [1.807, 2.05) is 24.3 Å². The minimum Gasteiger partial charge on any atom is -0.492 e. The van der Waals surface area contributed by atoms with Gasteiger partial charge >= 0.3 is 0 Å². The third-order valence-electron chi connectivity index (χ3n) is 6.28. The summed E-state index contributed by atoms with van der Waals surface area (Å²) in [5.74, 6) is 0.443. The zero-order valence-electron chi connectivity index (χ0n) is 19.2. The number of hydrogen-bond acceptors (Lipinski definition) is 5. The van der Waals surface area contributed by atoms with E-state index in [1.54, 1.807) is 18.3 Å². The molecular formula is C27H28N4O3. The van der Waals surface area contributed by atoms with E-state index in [0.29, 0.717) is 12.2 Å². The predicted octanol–water partition coefficient (Wildman–Crippen LogP) is 4.02. The van der Waals surface area contributed by atoms with Crippen LogP contribution < -0.4 is 10.5 Å². The summed E-state index contributed by atoms with van der Waals surface area (Å²) in [5, 5.41) is 1.02. The molecular weight excluding hydrogens is 428 g/mol. The topological polar surface area (TPSA) is 93.5 Å². The number of rotatable bonds is 7. The van der Waals surface area contributed by atoms with Crippen LogP contribution >= 0.6 is 0 Å². The molecule has 1 amide bonds. The number of fused-ring (bicyclic) bond motifs is 1. The number of carbonyl (C=O) groups is 1. The monoisotopic (exact) mass is 456 g/mol. The van der Waals surface area contributed by atoms with E-state index in [0.717, 1.165) is 77.6 Å². The Morgan fingerprint density at radius 2 is 1.88 bits per heavy atom. The molecule has 1 aliphatic heterocycles. The van der Waals surface area contributed by atoms with Crippen molar-refractivity contribution in [2.24, 2.45) is 5.73 Å². The largest absolute Gasteiger partial charge is 0.492 e. The van der Waals surface area contributed by atoms with Crippen LogP contribution in [0.15, 0.2) is 60.8 Å². The van der Waals surface area contributed by atoms with Gasteiger partial charge in [-0.3, -0.25) is 9.69 Å². The molecule has 174 valence electrons. The van der Waals surface area contributed by atoms with Gasteiger partial charge in [0.05, 0.1) is 13.2 Å². The summed E-state index contributed by atoms with van der Waals surface area (Å²) in [6.45, 7) is 7.18. The molecule has 0 radical (unpaired) electrons. The van der Waals surface area contributed by atoms with Crippen molar-refractivity contribution in [2.75, 3.05) is 39.5 Å². The molecule has 0 saturated carbocycles. The molecule has 2 aromatic heterocycles. The Morgan fingerprint density at radius 3 is 2.62 bits per heavy atom. The van der Waals surface area contributed by atoms with Gasteiger partial charge in [-0.05, 0) is 66.1 Å². The Hall–Kier alpha value is -3.68.